The Morgan fingerprint density at radius 3 is 1.23 bits per heavy atom. The van der Waals surface area contributed by atoms with Crippen LogP contribution in [-0.4, -0.2) is 74.3 Å². The quantitative estimate of drug-likeness (QED) is 0.0205. The van der Waals surface area contributed by atoms with E-state index in [9.17, 15) is 19.0 Å². The van der Waals surface area contributed by atoms with Gasteiger partial charge in [0, 0.05) is 12.8 Å². The molecule has 0 heterocycles. The molecule has 3 unspecified atom stereocenters. The molecule has 1 amide bonds. The van der Waals surface area contributed by atoms with Crippen LogP contribution in [0.3, 0.4) is 0 Å². The van der Waals surface area contributed by atoms with Crippen molar-refractivity contribution in [1.29, 1.82) is 0 Å². The van der Waals surface area contributed by atoms with E-state index in [4.69, 9.17) is 13.8 Å². The van der Waals surface area contributed by atoms with Crippen molar-refractivity contribution >= 4 is 19.7 Å². The zero-order chi connectivity index (χ0) is 57.9. The highest BCUT2D eigenvalue weighted by Crippen LogP contribution is 2.43. The number of amides is 1. The lowest BCUT2D eigenvalue weighted by atomic mass is 10.0. The summed E-state index contributed by atoms with van der Waals surface area (Å²) in [6.45, 7) is 6.91. The largest absolute Gasteiger partial charge is 0.472 e. The molecule has 0 fully saturated rings. The Balaban J connectivity index is 5.01. The maximum Gasteiger partial charge on any atom is 0.472 e. The number of phosphoric ester groups is 1. The first-order valence-electron chi connectivity index (χ1n) is 33.6. The van der Waals surface area contributed by atoms with E-state index in [2.05, 4.69) is 74.7 Å². The molecule has 0 aliphatic carbocycles. The third kappa shape index (κ3) is 60.1. The topological polar surface area (TPSA) is 111 Å². The van der Waals surface area contributed by atoms with E-state index >= 15 is 0 Å². The van der Waals surface area contributed by atoms with Crippen molar-refractivity contribution in [2.45, 2.75) is 328 Å². The number of nitrogens with one attached hydrogen (secondary N) is 1. The van der Waals surface area contributed by atoms with Crippen molar-refractivity contribution in [3.63, 3.8) is 0 Å². The fourth-order valence-electron chi connectivity index (χ4n) is 9.77. The van der Waals surface area contributed by atoms with Crippen LogP contribution in [-0.2, 0) is 27.9 Å². The van der Waals surface area contributed by atoms with E-state index < -0.39 is 20.0 Å². The minimum Gasteiger partial charge on any atom is -0.456 e. The van der Waals surface area contributed by atoms with Crippen molar-refractivity contribution in [1.82, 2.24) is 5.32 Å². The number of esters is 1. The van der Waals surface area contributed by atoms with Crippen molar-refractivity contribution in [3.05, 3.63) is 60.8 Å². The number of ether oxygens (including phenoxy) is 1. The van der Waals surface area contributed by atoms with Crippen LogP contribution in [0, 0.1) is 0 Å². The van der Waals surface area contributed by atoms with Crippen LogP contribution in [0.25, 0.3) is 0 Å². The summed E-state index contributed by atoms with van der Waals surface area (Å²) >= 11 is 0. The van der Waals surface area contributed by atoms with E-state index in [0.29, 0.717) is 23.9 Å². The molecule has 0 aliphatic heterocycles. The lowest BCUT2D eigenvalue weighted by Gasteiger charge is -2.27. The highest BCUT2D eigenvalue weighted by Gasteiger charge is 2.30. The van der Waals surface area contributed by atoms with E-state index in [-0.39, 0.29) is 31.5 Å². The molecule has 9 nitrogen and oxygen atoms in total. The number of hydrogen-bond acceptors (Lipinski definition) is 6. The number of nitrogens with zero attached hydrogens (tertiary/aromatic N) is 1. The first kappa shape index (κ1) is 76.7. The van der Waals surface area contributed by atoms with Crippen molar-refractivity contribution in [3.8, 4) is 0 Å². The first-order chi connectivity index (χ1) is 38.4. The second-order valence-electron chi connectivity index (χ2n) is 24.0. The standard InChI is InChI=1S/C69H129N2O7P/c1-7-10-13-16-19-22-25-28-30-31-32-33-34-35-36-37-38-39-40-41-42-43-46-49-52-55-58-61-68(72)70-66(65-77-79(74,75)76-64-63-71(4,5)6)67(60-57-54-51-48-45-27-24-21-18-15-12-9-3)78-69(73)62-59-56-53-50-47-44-29-26-23-20-17-14-11-8-2/h11,14,20,23,28-30,44,57,60,66-67H,7-10,12-13,15-19,21-22,24-27,31-43,45-56,58-59,61-65H2,1-6H3,(H-,70,72,74,75)/p+1/b14-11+,23-20+,30-28+,44-29+,60-57-. The normalized spacial score (nSPS) is 14.0. The molecule has 0 bridgehead atoms. The van der Waals surface area contributed by atoms with Crippen LogP contribution in [0.15, 0.2) is 60.8 Å². The average Bonchev–Trinajstić information content (AvgIpc) is 3.41. The van der Waals surface area contributed by atoms with Crippen LogP contribution >= 0.6 is 7.82 Å². The smallest absolute Gasteiger partial charge is 0.456 e. The van der Waals surface area contributed by atoms with Crippen LogP contribution in [0.5, 0.6) is 0 Å². The van der Waals surface area contributed by atoms with Gasteiger partial charge in [-0.1, -0.05) is 275 Å². The maximum atomic E-state index is 13.6. The third-order valence-electron chi connectivity index (χ3n) is 14.9. The third-order valence-corrected chi connectivity index (χ3v) is 15.9. The van der Waals surface area contributed by atoms with E-state index in [1.807, 2.05) is 33.3 Å². The molecule has 0 saturated heterocycles. The molecule has 0 spiro atoms. The van der Waals surface area contributed by atoms with Crippen LogP contribution in [0.1, 0.15) is 316 Å². The maximum absolute atomic E-state index is 13.6. The Kier molecular flexibility index (Phi) is 57.2. The predicted octanol–water partition coefficient (Wildman–Crippen LogP) is 21.0. The van der Waals surface area contributed by atoms with Crippen molar-refractivity contribution < 1.29 is 37.3 Å². The predicted molar refractivity (Wildman–Crippen MR) is 342 cm³/mol. The van der Waals surface area contributed by atoms with Crippen LogP contribution < -0.4 is 5.32 Å². The van der Waals surface area contributed by atoms with E-state index in [1.54, 1.807) is 0 Å². The number of carbonyl (C=O) groups is 2. The fourth-order valence-corrected chi connectivity index (χ4v) is 10.5. The molecule has 0 aromatic heterocycles. The molecular formula is C69H130N2O7P+. The molecule has 0 aromatic rings. The summed E-state index contributed by atoms with van der Waals surface area (Å²) in [6, 6.07) is -0.857. The Hall–Kier alpha value is -2.29. The molecule has 0 radical (unpaired) electrons. The number of carbonyl (C=O) groups excluding carboxylic acids is 2. The highest BCUT2D eigenvalue weighted by atomic mass is 31.2. The van der Waals surface area contributed by atoms with Gasteiger partial charge < -0.3 is 19.4 Å². The lowest BCUT2D eigenvalue weighted by molar-refractivity contribution is -0.870. The molecule has 0 rings (SSSR count). The number of unbranched alkanes of at least 4 members (excludes halogenated alkanes) is 37. The van der Waals surface area contributed by atoms with Gasteiger partial charge in [-0.05, 0) is 89.5 Å². The van der Waals surface area contributed by atoms with Gasteiger partial charge in [0.05, 0.1) is 33.8 Å². The van der Waals surface area contributed by atoms with Gasteiger partial charge in [0.1, 0.15) is 19.3 Å². The number of likely N-dealkylation sites (N-methyl/N-ethyl adjacent to an activating group) is 1. The second kappa shape index (κ2) is 58.9. The summed E-state index contributed by atoms with van der Waals surface area (Å²) < 4.78 is 30.7. The van der Waals surface area contributed by atoms with Crippen molar-refractivity contribution in [2.75, 3.05) is 40.9 Å². The monoisotopic (exact) mass is 1130 g/mol. The van der Waals surface area contributed by atoms with Crippen molar-refractivity contribution in [2.24, 2.45) is 0 Å². The van der Waals surface area contributed by atoms with Gasteiger partial charge in [-0.3, -0.25) is 18.6 Å². The Morgan fingerprint density at radius 1 is 0.456 bits per heavy atom. The lowest BCUT2D eigenvalue weighted by Crippen LogP contribution is -2.47. The fraction of sp³-hybridized carbons (Fsp3) is 0.826. The molecule has 3 atom stereocenters. The number of allylic oxidation sites excluding steroid dienone is 9. The molecule has 79 heavy (non-hydrogen) atoms. The molecule has 462 valence electrons. The number of rotatable bonds is 61. The summed E-state index contributed by atoms with van der Waals surface area (Å²) in [5.41, 5.74) is 0. The molecule has 0 aromatic carbocycles. The summed E-state index contributed by atoms with van der Waals surface area (Å²) in [7, 11) is 1.49. The van der Waals surface area contributed by atoms with Gasteiger partial charge in [0.25, 0.3) is 0 Å². The van der Waals surface area contributed by atoms with Crippen LogP contribution in [0.2, 0.25) is 0 Å². The molecule has 0 saturated carbocycles. The average molecular weight is 1130 g/mol. The molecule has 0 aliphatic rings. The van der Waals surface area contributed by atoms with Gasteiger partial charge in [-0.15, -0.1) is 0 Å². The van der Waals surface area contributed by atoms with Crippen LogP contribution in [0.4, 0.5) is 0 Å². The zero-order valence-electron chi connectivity index (χ0n) is 52.9. The number of phosphoric acid groups is 1. The van der Waals surface area contributed by atoms with Gasteiger partial charge in [0.2, 0.25) is 5.91 Å². The summed E-state index contributed by atoms with van der Waals surface area (Å²) in [4.78, 5) is 37.7. The summed E-state index contributed by atoms with van der Waals surface area (Å²) in [5.74, 6) is -0.522. The summed E-state index contributed by atoms with van der Waals surface area (Å²) in [5, 5.41) is 3.06. The van der Waals surface area contributed by atoms with Gasteiger partial charge in [-0.2, -0.15) is 0 Å². The first-order valence-corrected chi connectivity index (χ1v) is 35.1. The SMILES string of the molecule is CC/C=C/C/C=C/C/C=C/CCCCCCC(=O)OC(/C=C\CCCCCCCCCCCC)C(COP(=O)(O)OCC[N+](C)(C)C)NC(=O)CCCCCCCCCCCCCCCCCCC/C=C/CCCCCCCC. The minimum absolute atomic E-state index is 0.0364. The number of hydrogen-bond donors (Lipinski definition) is 2. The van der Waals surface area contributed by atoms with E-state index in [0.717, 1.165) is 83.5 Å². The molecule has 10 heteroatoms. The van der Waals surface area contributed by atoms with Gasteiger partial charge in [0.15, 0.2) is 0 Å². The minimum atomic E-state index is -4.45. The summed E-state index contributed by atoms with van der Waals surface area (Å²) in [6.07, 6.45) is 75.3. The zero-order valence-corrected chi connectivity index (χ0v) is 53.8. The molecule has 2 N–H and O–H groups in total. The Morgan fingerprint density at radius 2 is 0.810 bits per heavy atom. The Labute approximate surface area is 490 Å². The van der Waals surface area contributed by atoms with Gasteiger partial charge >= 0.3 is 13.8 Å². The highest BCUT2D eigenvalue weighted by molar-refractivity contribution is 7.47. The van der Waals surface area contributed by atoms with Gasteiger partial charge in [-0.25, -0.2) is 4.57 Å². The number of quaternary nitrogens is 1. The molecular weight excluding hydrogens is 1000 g/mol. The second-order valence-corrected chi connectivity index (χ2v) is 25.4. The Bertz CT molecular complexity index is 1540. The van der Waals surface area contributed by atoms with E-state index in [1.165, 1.54) is 193 Å².